The van der Waals surface area contributed by atoms with Crippen LogP contribution in [0.4, 0.5) is 19.4 Å². The lowest BCUT2D eigenvalue weighted by Crippen LogP contribution is -2.26. The summed E-state index contributed by atoms with van der Waals surface area (Å²) in [6, 6.07) is 4.89. The third kappa shape index (κ3) is 4.21. The molecule has 33 heavy (non-hydrogen) atoms. The highest BCUT2D eigenvalue weighted by Crippen LogP contribution is 2.37. The fraction of sp³-hybridized carbons (Fsp3) is 0.273. The van der Waals surface area contributed by atoms with E-state index in [0.717, 1.165) is 18.6 Å². The first-order valence-electron chi connectivity index (χ1n) is 10.5. The smallest absolute Gasteiger partial charge is 0.405 e. The second-order valence-electron chi connectivity index (χ2n) is 7.85. The molecule has 4 aromatic rings. The van der Waals surface area contributed by atoms with E-state index in [2.05, 4.69) is 20.4 Å². The summed E-state index contributed by atoms with van der Waals surface area (Å²) in [4.78, 5) is 22.9. The van der Waals surface area contributed by atoms with Gasteiger partial charge in [0.1, 0.15) is 17.5 Å². The van der Waals surface area contributed by atoms with Crippen LogP contribution in [-0.4, -0.2) is 36.8 Å². The minimum absolute atomic E-state index is 0.183. The van der Waals surface area contributed by atoms with Crippen molar-refractivity contribution < 1.29 is 18.3 Å². The van der Waals surface area contributed by atoms with Crippen molar-refractivity contribution in [3.05, 3.63) is 72.1 Å². The molecule has 0 spiro atoms. The number of imidazole rings is 1. The monoisotopic (exact) mass is 453 g/mol. The van der Waals surface area contributed by atoms with Crippen LogP contribution in [0.2, 0.25) is 0 Å². The number of nitrogens with zero attached hydrogens (tertiary/aromatic N) is 6. The lowest BCUT2D eigenvalue weighted by molar-refractivity contribution is 0.200. The van der Waals surface area contributed by atoms with E-state index in [9.17, 15) is 13.6 Å². The number of hydrogen-bond acceptors (Lipinski definition) is 6. The number of aryl methyl sites for hydroxylation is 1. The Morgan fingerprint density at radius 1 is 1.30 bits per heavy atom. The van der Waals surface area contributed by atoms with Gasteiger partial charge in [0.05, 0.1) is 30.8 Å². The summed E-state index contributed by atoms with van der Waals surface area (Å²) in [6.45, 7) is 0.852. The number of nitrogens with one attached hydrogen (secondary N) is 1. The molecule has 0 saturated carbocycles. The Labute approximate surface area is 187 Å². The Morgan fingerprint density at radius 3 is 3.00 bits per heavy atom. The Balaban J connectivity index is 1.36. The van der Waals surface area contributed by atoms with Crippen LogP contribution in [0, 0.1) is 11.6 Å². The number of aromatic nitrogens is 5. The summed E-state index contributed by atoms with van der Waals surface area (Å²) in [6.07, 6.45) is 7.34. The lowest BCUT2D eigenvalue weighted by Gasteiger charge is -2.26. The van der Waals surface area contributed by atoms with Gasteiger partial charge in [0.2, 0.25) is 5.65 Å². The van der Waals surface area contributed by atoms with Gasteiger partial charge in [-0.25, -0.2) is 28.1 Å². The van der Waals surface area contributed by atoms with Crippen LogP contribution in [-0.2, 0) is 13.6 Å². The third-order valence-electron chi connectivity index (χ3n) is 5.56. The molecule has 1 amide bonds. The molecule has 1 aliphatic heterocycles. The van der Waals surface area contributed by atoms with Gasteiger partial charge in [-0.15, -0.1) is 0 Å². The number of benzene rings is 1. The van der Waals surface area contributed by atoms with Crippen molar-refractivity contribution in [1.82, 2.24) is 29.5 Å². The van der Waals surface area contributed by atoms with Crippen LogP contribution in [0.15, 0.2) is 49.2 Å². The predicted molar refractivity (Wildman–Crippen MR) is 115 cm³/mol. The Bertz CT molecular complexity index is 1320. The van der Waals surface area contributed by atoms with Crippen LogP contribution in [0.3, 0.4) is 0 Å². The van der Waals surface area contributed by atoms with Gasteiger partial charge < -0.3 is 19.5 Å². The summed E-state index contributed by atoms with van der Waals surface area (Å²) < 4.78 is 36.9. The largest absolute Gasteiger partial charge is 0.413 e. The number of carbonyl (C=O) groups is 1. The van der Waals surface area contributed by atoms with E-state index in [1.165, 1.54) is 16.8 Å². The first-order valence-corrected chi connectivity index (χ1v) is 10.5. The number of fused-ring (bicyclic) bond motifs is 1. The maximum atomic E-state index is 14.4. The molecular weight excluding hydrogens is 432 g/mol. The van der Waals surface area contributed by atoms with Gasteiger partial charge >= 0.3 is 6.09 Å². The zero-order valence-corrected chi connectivity index (χ0v) is 17.8. The van der Waals surface area contributed by atoms with Crippen LogP contribution in [0.5, 0.6) is 5.75 Å². The fourth-order valence-electron chi connectivity index (χ4n) is 4.06. The molecule has 3 aromatic heterocycles. The molecule has 0 radical (unpaired) electrons. The molecule has 1 aliphatic rings. The zero-order valence-electron chi connectivity index (χ0n) is 17.8. The van der Waals surface area contributed by atoms with Gasteiger partial charge in [-0.05, 0) is 37.1 Å². The molecule has 1 fully saturated rings. The van der Waals surface area contributed by atoms with E-state index >= 15 is 0 Å². The molecule has 11 heteroatoms. The van der Waals surface area contributed by atoms with E-state index < -0.39 is 17.7 Å². The number of halogens is 2. The lowest BCUT2D eigenvalue weighted by atomic mass is 10.0. The van der Waals surface area contributed by atoms with E-state index in [-0.39, 0.29) is 18.3 Å². The van der Waals surface area contributed by atoms with Crippen molar-refractivity contribution in [2.45, 2.75) is 25.4 Å². The quantitative estimate of drug-likeness (QED) is 0.498. The maximum absolute atomic E-state index is 14.4. The molecule has 9 nitrogen and oxygen atoms in total. The van der Waals surface area contributed by atoms with Gasteiger partial charge in [-0.3, -0.25) is 0 Å². The summed E-state index contributed by atoms with van der Waals surface area (Å²) in [5.41, 5.74) is 1.33. The molecule has 0 aliphatic carbocycles. The maximum Gasteiger partial charge on any atom is 0.413 e. The normalized spacial score (nSPS) is 15.8. The van der Waals surface area contributed by atoms with Gasteiger partial charge in [-0.1, -0.05) is 0 Å². The Hall–Kier alpha value is -4.02. The molecule has 1 N–H and O–H groups in total. The first-order chi connectivity index (χ1) is 16.0. The summed E-state index contributed by atoms with van der Waals surface area (Å²) >= 11 is 0. The molecular formula is C22H21F2N7O2. The summed E-state index contributed by atoms with van der Waals surface area (Å²) in [5, 5.41) is 6.80. The minimum Gasteiger partial charge on any atom is -0.405 e. The molecule has 4 heterocycles. The first kappa shape index (κ1) is 20.9. The number of ether oxygens (including phenoxy) is 1. The van der Waals surface area contributed by atoms with Gasteiger partial charge in [0, 0.05) is 31.5 Å². The van der Waals surface area contributed by atoms with Crippen LogP contribution >= 0.6 is 0 Å². The van der Waals surface area contributed by atoms with E-state index in [1.54, 1.807) is 29.4 Å². The average Bonchev–Trinajstić information content (AvgIpc) is 3.54. The minimum atomic E-state index is -0.663. The second kappa shape index (κ2) is 8.49. The molecule has 1 aromatic carbocycles. The number of carbonyl (C=O) groups excluding carboxylic acids is 1. The Kier molecular flexibility index (Phi) is 5.37. The summed E-state index contributed by atoms with van der Waals surface area (Å²) in [7, 11) is 1.84. The van der Waals surface area contributed by atoms with Crippen molar-refractivity contribution in [3.63, 3.8) is 0 Å². The van der Waals surface area contributed by atoms with Crippen LogP contribution < -0.4 is 15.0 Å². The number of rotatable bonds is 5. The number of anilines is 1. The molecule has 5 rings (SSSR count). The highest BCUT2D eigenvalue weighted by molar-refractivity contribution is 5.73. The van der Waals surface area contributed by atoms with Crippen molar-refractivity contribution in [1.29, 1.82) is 0 Å². The fourth-order valence-corrected chi connectivity index (χ4v) is 4.06. The van der Waals surface area contributed by atoms with Gasteiger partial charge in [-0.2, -0.15) is 5.10 Å². The van der Waals surface area contributed by atoms with Crippen LogP contribution in [0.25, 0.3) is 5.65 Å². The number of hydrogen-bond donors (Lipinski definition) is 1. The van der Waals surface area contributed by atoms with E-state index in [0.29, 0.717) is 35.7 Å². The van der Waals surface area contributed by atoms with Crippen LogP contribution in [0.1, 0.15) is 30.1 Å². The standard InChI is InChI=1S/C22H21F2N7O2/c1-29-12-15(26-13-29)10-25-22(32)33-19-11-27-31-8-6-20(28-21(19)31)30-7-2-3-18(30)16-9-14(23)4-5-17(16)24/h4-6,8-9,11-13,18H,2-3,7,10H2,1H3,(H,25,32)/t18-/m1/s1. The van der Waals surface area contributed by atoms with E-state index in [4.69, 9.17) is 4.74 Å². The molecule has 1 atom stereocenters. The molecule has 0 unspecified atom stereocenters. The van der Waals surface area contributed by atoms with Gasteiger partial charge in [0.15, 0.2) is 5.75 Å². The average molecular weight is 453 g/mol. The molecule has 170 valence electrons. The second-order valence-corrected chi connectivity index (χ2v) is 7.85. The Morgan fingerprint density at radius 2 is 2.18 bits per heavy atom. The van der Waals surface area contributed by atoms with Crippen molar-refractivity contribution >= 4 is 17.6 Å². The zero-order chi connectivity index (χ0) is 22.9. The number of amides is 1. The van der Waals surface area contributed by atoms with Crippen molar-refractivity contribution in [2.75, 3.05) is 11.4 Å². The van der Waals surface area contributed by atoms with Gasteiger partial charge in [0.25, 0.3) is 0 Å². The molecule has 0 bridgehead atoms. The highest BCUT2D eigenvalue weighted by Gasteiger charge is 2.30. The predicted octanol–water partition coefficient (Wildman–Crippen LogP) is 3.37. The van der Waals surface area contributed by atoms with Crippen molar-refractivity contribution in [2.24, 2.45) is 7.05 Å². The summed E-state index contributed by atoms with van der Waals surface area (Å²) in [5.74, 6) is -0.187. The highest BCUT2D eigenvalue weighted by atomic mass is 19.1. The van der Waals surface area contributed by atoms with Crippen molar-refractivity contribution in [3.8, 4) is 5.75 Å². The molecule has 1 saturated heterocycles. The topological polar surface area (TPSA) is 89.6 Å². The third-order valence-corrected chi connectivity index (χ3v) is 5.56. The SMILES string of the molecule is Cn1cnc(CNC(=O)Oc2cnn3ccc(N4CCC[C@@H]4c4cc(F)ccc4F)nc23)c1. The van der Waals surface area contributed by atoms with E-state index in [1.807, 2.05) is 11.9 Å².